The number of benzene rings is 4. The van der Waals surface area contributed by atoms with E-state index in [-0.39, 0.29) is 193 Å². The van der Waals surface area contributed by atoms with Gasteiger partial charge >= 0.3 is 104 Å². The van der Waals surface area contributed by atoms with Crippen LogP contribution < -0.4 is 20.8 Å². The van der Waals surface area contributed by atoms with Crippen LogP contribution in [0, 0.1) is 129 Å². The Morgan fingerprint density at radius 3 is 1.11 bits per heavy atom. The second-order valence-electron chi connectivity index (χ2n) is 42.2. The smallest absolute Gasteiger partial charge is 0.358 e. The van der Waals surface area contributed by atoms with Gasteiger partial charge in [0.15, 0.2) is 8.07 Å². The van der Waals surface area contributed by atoms with E-state index in [0.717, 1.165) is 82.8 Å². The van der Waals surface area contributed by atoms with Crippen LogP contribution in [0.15, 0.2) is 128 Å². The van der Waals surface area contributed by atoms with E-state index >= 15 is 0 Å². The van der Waals surface area contributed by atoms with E-state index < -0.39 is 48.4 Å². The fourth-order valence-electron chi connectivity index (χ4n) is 23.4. The van der Waals surface area contributed by atoms with E-state index in [1.54, 1.807) is 12.4 Å². The fourth-order valence-corrected chi connectivity index (χ4v) is 43.8. The summed E-state index contributed by atoms with van der Waals surface area (Å²) < 4.78 is 11.2. The first kappa shape index (κ1) is 156. The standard InChI is InChI=1S/C30H29N2P.C19H34N3P.C18H32N3P.C15H30N3P.C14H28N3P.C10H18N3P.12CH3.6Cr/c1-20-13-15-24(16-14-20)19-29(31-30-22(3)17-21(2)18-23(30)4)32-33-27-11-7-5-9-25(27)26-10-6-8-12-28(26)33;1-3-9-17(10-4-1)23(18-11-5-2-6-12-18)22-16-8-15-21-14-7-13-20-19(21)22;1-15-11-14-20-12-6-13-21(18(20)19-15)22(16-7-2-3-8-16)17-9-4-5-10-17;1-13(2)11-19(12-14(3)4)18-10-6-9-17-8-5-7-16-15(17)18;1-11(2)18(12(3)4)17-9-6-8-16-10-7-13(5)15-14(16)17;1-8(2)14(9(3)4)13-10-11-6-5-7-12-10;;;;;;;;;;;;;;;;;;/h5-18H,19H2,1-4H3,(H,31,32);17-18H,1-16H2;15-17H,2-14H2,1H3;13-14H,5-12H2,1-4H3;11-13H,6-10H2,1-5H3;5-9H,1-4H3,(H,11,12,13);12*1H3;;;;;;/q;;;;;;12*-1;6*+2/p+6. The molecule has 0 spiro atoms. The van der Waals surface area contributed by atoms with Crippen molar-refractivity contribution in [2.24, 2.45) is 36.8 Å². The van der Waals surface area contributed by atoms with Crippen LogP contribution in [0.25, 0.3) is 11.1 Å². The second kappa shape index (κ2) is 79.1. The van der Waals surface area contributed by atoms with Crippen molar-refractivity contribution in [1.82, 2.24) is 53.3 Å². The maximum Gasteiger partial charge on any atom is 2.00 e. The molecule has 10 heterocycles. The molecule has 5 aromatic rings. The van der Waals surface area contributed by atoms with Crippen LogP contribution in [-0.4, -0.2) is 239 Å². The van der Waals surface area contributed by atoms with Crippen molar-refractivity contribution in [2.75, 3.05) is 109 Å². The van der Waals surface area contributed by atoms with Crippen molar-refractivity contribution >= 4 is 100 Å². The molecule has 830 valence electrons. The number of rotatable bonds is 22. The molecule has 18 rings (SSSR count). The number of hydrogen-bond acceptors (Lipinski definition) is 16. The molecular weight excluding hydrogens is 2150 g/mol. The van der Waals surface area contributed by atoms with Gasteiger partial charge in [0.25, 0.3) is 5.95 Å². The summed E-state index contributed by atoms with van der Waals surface area (Å²) in [5, 5.41) is 10.2. The van der Waals surface area contributed by atoms with E-state index in [9.17, 15) is 0 Å². The van der Waals surface area contributed by atoms with Gasteiger partial charge in [-0.05, 0) is 298 Å². The molecule has 29 heteroatoms. The minimum Gasteiger partial charge on any atom is -0.358 e. The summed E-state index contributed by atoms with van der Waals surface area (Å²) in [6, 6.07) is 33.8. The average molecular weight is 2370 g/mol. The van der Waals surface area contributed by atoms with Crippen molar-refractivity contribution in [2.45, 2.75) is 355 Å². The van der Waals surface area contributed by atoms with Gasteiger partial charge in [-0.15, -0.1) is 0 Å². The Balaban J connectivity index is -0.000000403. The largest absolute Gasteiger partial charge is 2.00 e. The van der Waals surface area contributed by atoms with E-state index in [0.29, 0.717) is 23.4 Å². The SMILES string of the molecule is C1CCC([PH+](C2CCCCC2)N2CCCN3CCCN=C32)CC1.CC(C)C[PH+](CC(C)C)N1CCCN2CCCN=C21.CC(C)[PH+](Nc1ncccn1)C(C)C.CC1CCN2CCCN([PH+](C(C)C)C(C)C)C2=N1.CC1CCN2CCCN([PH+](C3CCCC3)C3CCCC3)C2=N1.Cc1ccc(CC(=Nc2c(C)cc(C)cc2C)N[PH+]2c3ccccc3-c3ccccc32)cc1.[CH3-].[CH3-].[CH3-].[CH3-].[CH3-].[CH3-].[CH3-].[CH3-].[CH3-].[CH3-].[CH3-].[CH3-].[Cr+2].[Cr+2].[Cr+2].[Cr+2].[Cr+2].[Cr+2]. The second-order valence-corrected chi connectivity index (χ2v) is 60.0. The number of aryl methyl sites for hydroxylation is 4. The number of aliphatic imine (C=N–C) groups is 5. The topological polar surface area (TPSA) is 138 Å². The number of hydrogen-bond donors (Lipinski definition) is 2. The Kier molecular flexibility index (Phi) is 83.8. The van der Waals surface area contributed by atoms with Crippen molar-refractivity contribution in [3.05, 3.63) is 220 Å². The van der Waals surface area contributed by atoms with Gasteiger partial charge in [-0.3, -0.25) is 9.98 Å². The van der Waals surface area contributed by atoms with Gasteiger partial charge in [-0.25, -0.2) is 53.8 Å². The van der Waals surface area contributed by atoms with E-state index in [2.05, 4.69) is 268 Å². The quantitative estimate of drug-likeness (QED) is 0.0295. The molecule has 17 nitrogen and oxygen atoms in total. The molecule has 4 aliphatic carbocycles. The Labute approximate surface area is 981 Å². The molecule has 2 atom stereocenters. The van der Waals surface area contributed by atoms with Crippen molar-refractivity contribution in [1.29, 1.82) is 0 Å². The minimum absolute atomic E-state index is 0. The first-order valence-electron chi connectivity index (χ1n) is 52.2. The summed E-state index contributed by atoms with van der Waals surface area (Å²) in [6.07, 6.45) is 44.6. The number of aromatic nitrogens is 2. The first-order chi connectivity index (χ1) is 62.4. The summed E-state index contributed by atoms with van der Waals surface area (Å²) in [5.41, 5.74) is 17.2. The molecule has 4 saturated heterocycles. The molecule has 1 aromatic heterocycles. The molecule has 2 unspecified atom stereocenters. The Bertz CT molecular complexity index is 4290. The predicted octanol–water partition coefficient (Wildman–Crippen LogP) is 29.8. The van der Waals surface area contributed by atoms with Gasteiger partial charge in [-0.1, -0.05) is 124 Å². The summed E-state index contributed by atoms with van der Waals surface area (Å²) in [6.45, 7) is 58.4. The number of nitrogens with zero attached hydrogens (tertiary/aromatic N) is 15. The van der Waals surface area contributed by atoms with Crippen molar-refractivity contribution in [3.8, 4) is 11.1 Å². The third-order valence-electron chi connectivity index (χ3n) is 29.1. The third-order valence-corrected chi connectivity index (χ3v) is 49.5. The maximum absolute atomic E-state index is 5.26. The number of anilines is 1. The number of amidine groups is 1. The number of fused-ring (bicyclic) bond motifs is 7. The van der Waals surface area contributed by atoms with Crippen molar-refractivity contribution < 1.29 is 104 Å². The molecule has 2 N–H and O–H groups in total. The van der Waals surface area contributed by atoms with Gasteiger partial charge < -0.3 is 109 Å². The average Bonchev–Trinajstić information content (AvgIpc) is 1.66. The monoisotopic (exact) mass is 2370 g/mol. The molecule has 4 aromatic carbocycles. The van der Waals surface area contributed by atoms with Crippen LogP contribution in [0.1, 0.15) is 292 Å². The van der Waals surface area contributed by atoms with E-state index in [1.807, 2.05) is 6.07 Å². The van der Waals surface area contributed by atoms with Gasteiger partial charge in [0.05, 0.1) is 118 Å². The maximum atomic E-state index is 5.26. The molecule has 4 saturated carbocycles. The Hall–Kier alpha value is -1.92. The van der Waals surface area contributed by atoms with Crippen LogP contribution in [0.5, 0.6) is 0 Å². The fraction of sp³-hybridized carbons (Fsp3) is 0.619. The first-order valence-corrected chi connectivity index (χ1v) is 62.0. The van der Waals surface area contributed by atoms with Crippen molar-refractivity contribution in [3.63, 3.8) is 0 Å². The van der Waals surface area contributed by atoms with Crippen LogP contribution >= 0.6 is 48.4 Å². The zero-order valence-electron chi connectivity index (χ0n) is 98.3. The Morgan fingerprint density at radius 1 is 0.374 bits per heavy atom. The summed E-state index contributed by atoms with van der Waals surface area (Å²) >= 11 is 0. The van der Waals surface area contributed by atoms with Crippen LogP contribution in [0.3, 0.4) is 0 Å². The summed E-state index contributed by atoms with van der Waals surface area (Å²) in [7, 11) is -3.64. The molecule has 0 bridgehead atoms. The zero-order valence-corrected chi connectivity index (χ0v) is 112. The molecule has 0 amide bonds. The van der Waals surface area contributed by atoms with E-state index in [4.69, 9.17) is 25.0 Å². The zero-order chi connectivity index (χ0) is 91.0. The third kappa shape index (κ3) is 44.4. The number of nitrogens with one attached hydrogen (secondary N) is 2. The van der Waals surface area contributed by atoms with Gasteiger partial charge in [-0.2, -0.15) is 0 Å². The molecule has 0 radical (unpaired) electrons. The molecule has 8 fully saturated rings. The minimum atomic E-state index is -1.18. The van der Waals surface area contributed by atoms with Crippen LogP contribution in [0.2, 0.25) is 0 Å². The van der Waals surface area contributed by atoms with Crippen LogP contribution in [-0.2, 0) is 111 Å². The van der Waals surface area contributed by atoms with Gasteiger partial charge in [0.2, 0.25) is 23.8 Å². The van der Waals surface area contributed by atoms with E-state index in [1.165, 1.54) is 331 Å². The predicted molar refractivity (Wildman–Crippen MR) is 656 cm³/mol. The summed E-state index contributed by atoms with van der Waals surface area (Å²) in [4.78, 5) is 44.0. The van der Waals surface area contributed by atoms with Crippen LogP contribution in [0.4, 0.5) is 11.6 Å². The molecular formula is C118H213Cr6N17P6+6. The normalized spacial score (nSPS) is 18.7. The number of guanidine groups is 4. The van der Waals surface area contributed by atoms with Gasteiger partial charge in [0, 0.05) is 95.4 Å². The summed E-state index contributed by atoms with van der Waals surface area (Å²) in [5.74, 6) is 8.98. The Morgan fingerprint density at radius 2 is 0.721 bits per heavy atom. The molecule has 9 aliphatic heterocycles. The molecule has 147 heavy (non-hydrogen) atoms. The van der Waals surface area contributed by atoms with Gasteiger partial charge in [0.1, 0.15) is 40.7 Å². The molecule has 13 aliphatic rings.